The number of rotatable bonds is 12. The van der Waals surface area contributed by atoms with Gasteiger partial charge in [-0.25, -0.2) is 4.79 Å². The van der Waals surface area contributed by atoms with Crippen LogP contribution in [0.5, 0.6) is 5.75 Å². The smallest absolute Gasteiger partial charge is 0.326 e. The van der Waals surface area contributed by atoms with E-state index in [9.17, 15) is 19.5 Å². The number of carbonyl (C=O) groups excluding carboxylic acids is 2. The fourth-order valence-corrected chi connectivity index (χ4v) is 4.61. The molecule has 3 aromatic carbocycles. The van der Waals surface area contributed by atoms with Gasteiger partial charge in [-0.05, 0) is 41.8 Å². The van der Waals surface area contributed by atoms with Gasteiger partial charge >= 0.3 is 5.97 Å². The van der Waals surface area contributed by atoms with Gasteiger partial charge in [0, 0.05) is 28.6 Å². The minimum atomic E-state index is -1.27. The molecule has 0 bridgehead atoms. The van der Waals surface area contributed by atoms with Crippen molar-refractivity contribution in [2.24, 2.45) is 0 Å². The lowest BCUT2D eigenvalue weighted by Crippen LogP contribution is -2.52. The van der Waals surface area contributed by atoms with Gasteiger partial charge in [-0.15, -0.1) is 0 Å². The third kappa shape index (κ3) is 7.95. The molecule has 1 saturated heterocycles. The number of benzene rings is 3. The number of halogens is 2. The van der Waals surface area contributed by atoms with Crippen molar-refractivity contribution in [3.8, 4) is 5.75 Å². The van der Waals surface area contributed by atoms with Gasteiger partial charge in [-0.3, -0.25) is 9.59 Å². The van der Waals surface area contributed by atoms with Crippen LogP contribution >= 0.6 is 23.2 Å². The van der Waals surface area contributed by atoms with E-state index in [4.69, 9.17) is 37.4 Å². The summed E-state index contributed by atoms with van der Waals surface area (Å²) in [6.07, 6.45) is -1.85. The number of amides is 2. The molecular formula is C29H28Cl2N2O7. The average molecular weight is 587 g/mol. The van der Waals surface area contributed by atoms with E-state index in [2.05, 4.69) is 10.6 Å². The first kappa shape index (κ1) is 29.4. The Morgan fingerprint density at radius 3 is 2.17 bits per heavy atom. The first-order chi connectivity index (χ1) is 19.3. The van der Waals surface area contributed by atoms with Crippen molar-refractivity contribution < 1.29 is 33.7 Å². The van der Waals surface area contributed by atoms with Crippen LogP contribution in [0.4, 0.5) is 0 Å². The highest BCUT2D eigenvalue weighted by Crippen LogP contribution is 2.26. The summed E-state index contributed by atoms with van der Waals surface area (Å²) in [5.41, 5.74) is 2.36. The Bertz CT molecular complexity index is 1300. The molecule has 2 amide bonds. The van der Waals surface area contributed by atoms with E-state index in [1.807, 2.05) is 30.3 Å². The zero-order valence-corrected chi connectivity index (χ0v) is 22.9. The van der Waals surface area contributed by atoms with Crippen molar-refractivity contribution in [2.75, 3.05) is 13.3 Å². The van der Waals surface area contributed by atoms with Gasteiger partial charge in [-0.2, -0.15) is 0 Å². The highest BCUT2D eigenvalue weighted by molar-refractivity contribution is 6.35. The predicted octanol–water partition coefficient (Wildman–Crippen LogP) is 3.78. The molecule has 11 heteroatoms. The van der Waals surface area contributed by atoms with Gasteiger partial charge in [0.15, 0.2) is 12.2 Å². The van der Waals surface area contributed by atoms with Crippen LogP contribution in [0.25, 0.3) is 0 Å². The number of hydrogen-bond donors (Lipinski definition) is 3. The Morgan fingerprint density at radius 2 is 1.52 bits per heavy atom. The Hall–Kier alpha value is -3.63. The molecule has 0 aromatic heterocycles. The molecule has 9 nitrogen and oxygen atoms in total. The molecule has 40 heavy (non-hydrogen) atoms. The highest BCUT2D eigenvalue weighted by Gasteiger charge is 2.41. The predicted molar refractivity (Wildman–Crippen MR) is 148 cm³/mol. The summed E-state index contributed by atoms with van der Waals surface area (Å²) in [4.78, 5) is 37.4. The van der Waals surface area contributed by atoms with E-state index in [-0.39, 0.29) is 19.8 Å². The van der Waals surface area contributed by atoms with Gasteiger partial charge < -0.3 is 30.0 Å². The highest BCUT2D eigenvalue weighted by atomic mass is 35.5. The van der Waals surface area contributed by atoms with Crippen molar-refractivity contribution in [3.05, 3.63) is 99.5 Å². The van der Waals surface area contributed by atoms with Crippen LogP contribution in [0.3, 0.4) is 0 Å². The number of hydrogen-bond acceptors (Lipinski definition) is 6. The van der Waals surface area contributed by atoms with E-state index in [0.717, 1.165) is 5.56 Å². The third-order valence-corrected chi connectivity index (χ3v) is 6.97. The maximum Gasteiger partial charge on any atom is 0.326 e. The van der Waals surface area contributed by atoms with Crippen LogP contribution in [0, 0.1) is 0 Å². The summed E-state index contributed by atoms with van der Waals surface area (Å²) in [6.45, 7) is 0.253. The molecule has 3 atom stereocenters. The first-order valence-electron chi connectivity index (χ1n) is 12.5. The second-order valence-electron chi connectivity index (χ2n) is 9.06. The van der Waals surface area contributed by atoms with Crippen LogP contribution in [0.1, 0.15) is 16.7 Å². The van der Waals surface area contributed by atoms with Gasteiger partial charge in [-0.1, -0.05) is 71.7 Å². The molecular weight excluding hydrogens is 559 g/mol. The van der Waals surface area contributed by atoms with E-state index >= 15 is 0 Å². The minimum Gasteiger partial charge on any atom is -0.489 e. The van der Waals surface area contributed by atoms with Crippen molar-refractivity contribution in [1.29, 1.82) is 0 Å². The van der Waals surface area contributed by atoms with E-state index < -0.39 is 36.0 Å². The molecule has 3 N–H and O–H groups in total. The fourth-order valence-electron chi connectivity index (χ4n) is 4.10. The third-order valence-electron chi connectivity index (χ3n) is 6.27. The standard InChI is InChI=1S/C29H28Cl2N2O7/c30-22-7-4-8-23(31)21(22)16-38-20-11-9-19(10-12-20)15-24(29(36)37)33-28(35)26-25(39-17-40-26)27(34)32-14-13-18-5-2-1-3-6-18/h1-12,24-26H,13-17H2,(H,32,34)(H,33,35)(H,36,37)/t24?,25-,26-/m1/s1. The summed E-state index contributed by atoms with van der Waals surface area (Å²) >= 11 is 12.3. The van der Waals surface area contributed by atoms with Crippen molar-refractivity contribution in [2.45, 2.75) is 37.7 Å². The maximum atomic E-state index is 12.9. The molecule has 1 aliphatic rings. The maximum absolute atomic E-state index is 12.9. The number of nitrogens with one attached hydrogen (secondary N) is 2. The van der Waals surface area contributed by atoms with Gasteiger partial charge in [0.2, 0.25) is 0 Å². The molecule has 0 radical (unpaired) electrons. The number of ether oxygens (including phenoxy) is 3. The van der Waals surface area contributed by atoms with Crippen LogP contribution in [0.2, 0.25) is 10.0 Å². The molecule has 1 aliphatic heterocycles. The van der Waals surface area contributed by atoms with E-state index in [1.165, 1.54) is 0 Å². The molecule has 3 aromatic rings. The topological polar surface area (TPSA) is 123 Å². The van der Waals surface area contributed by atoms with Crippen LogP contribution < -0.4 is 15.4 Å². The zero-order valence-electron chi connectivity index (χ0n) is 21.3. The van der Waals surface area contributed by atoms with Gasteiger partial charge in [0.25, 0.3) is 11.8 Å². The van der Waals surface area contributed by atoms with Crippen molar-refractivity contribution >= 4 is 41.0 Å². The van der Waals surface area contributed by atoms with Crippen LogP contribution in [0.15, 0.2) is 72.8 Å². The summed E-state index contributed by atoms with van der Waals surface area (Å²) in [5.74, 6) is -1.95. The summed E-state index contributed by atoms with van der Waals surface area (Å²) < 4.78 is 16.4. The molecule has 1 fully saturated rings. The lowest BCUT2D eigenvalue weighted by atomic mass is 10.0. The van der Waals surface area contributed by atoms with Gasteiger partial charge in [0.1, 0.15) is 25.2 Å². The number of carboxylic acid groups (broad SMARTS) is 1. The molecule has 1 heterocycles. The Morgan fingerprint density at radius 1 is 0.875 bits per heavy atom. The number of carboxylic acids is 1. The van der Waals surface area contributed by atoms with Crippen LogP contribution in [-0.2, 0) is 43.3 Å². The van der Waals surface area contributed by atoms with E-state index in [1.54, 1.807) is 42.5 Å². The largest absolute Gasteiger partial charge is 0.489 e. The molecule has 210 valence electrons. The molecule has 4 rings (SSSR count). The number of aliphatic carboxylic acids is 1. The number of carbonyl (C=O) groups is 3. The summed E-state index contributed by atoms with van der Waals surface area (Å²) in [7, 11) is 0. The Balaban J connectivity index is 1.29. The summed E-state index contributed by atoms with van der Waals surface area (Å²) in [6, 6.07) is 20.3. The van der Waals surface area contributed by atoms with Gasteiger partial charge in [0.05, 0.1) is 0 Å². The minimum absolute atomic E-state index is 0.000783. The van der Waals surface area contributed by atoms with Crippen molar-refractivity contribution in [3.63, 3.8) is 0 Å². The Labute approximate surface area is 241 Å². The monoisotopic (exact) mass is 586 g/mol. The summed E-state index contributed by atoms with van der Waals surface area (Å²) in [5, 5.41) is 15.9. The quantitative estimate of drug-likeness (QED) is 0.295. The zero-order chi connectivity index (χ0) is 28.5. The second-order valence-corrected chi connectivity index (χ2v) is 9.87. The second kappa shape index (κ2) is 14.1. The molecule has 1 unspecified atom stereocenters. The van der Waals surface area contributed by atoms with Crippen molar-refractivity contribution in [1.82, 2.24) is 10.6 Å². The molecule has 0 saturated carbocycles. The Kier molecular flexibility index (Phi) is 10.4. The molecule has 0 aliphatic carbocycles. The lowest BCUT2D eigenvalue weighted by Gasteiger charge is -2.20. The van der Waals surface area contributed by atoms with Crippen LogP contribution in [-0.4, -0.2) is 54.5 Å². The lowest BCUT2D eigenvalue weighted by molar-refractivity contribution is -0.144. The SMILES string of the molecule is O=C(O)C(Cc1ccc(OCc2c(Cl)cccc2Cl)cc1)NC(=O)[C@@H]1OCO[C@H]1C(=O)NCCc1ccccc1. The fraction of sp³-hybridized carbons (Fsp3) is 0.276. The molecule has 0 spiro atoms. The normalized spacial score (nSPS) is 17.1. The average Bonchev–Trinajstić information content (AvgIpc) is 3.44. The van der Waals surface area contributed by atoms with E-state index in [0.29, 0.717) is 39.9 Å². The first-order valence-corrected chi connectivity index (χ1v) is 13.3.